The molecule has 1 heterocycles. The minimum absolute atomic E-state index is 0.0769. The van der Waals surface area contributed by atoms with Gasteiger partial charge in [0.05, 0.1) is 5.56 Å². The van der Waals surface area contributed by atoms with Crippen LogP contribution < -0.4 is 4.68 Å². The zero-order valence-electron chi connectivity index (χ0n) is 8.35. The van der Waals surface area contributed by atoms with E-state index in [1.165, 1.54) is 25.2 Å². The Bertz CT molecular complexity index is 551. The van der Waals surface area contributed by atoms with Crippen molar-refractivity contribution >= 4 is 5.97 Å². The lowest BCUT2D eigenvalue weighted by Crippen LogP contribution is -2.36. The standard InChI is InChI=1S/C10H7FN2O3/c1-13-8(10(14)15)9(16-12-13)6-4-2-3-5-7(6)11/h2-5H,1H3/p+1. The third-order valence-electron chi connectivity index (χ3n) is 2.11. The summed E-state index contributed by atoms with van der Waals surface area (Å²) in [7, 11) is 1.41. The van der Waals surface area contributed by atoms with Crippen molar-refractivity contribution < 1.29 is 23.5 Å². The first-order chi connectivity index (χ1) is 7.61. The predicted molar refractivity (Wildman–Crippen MR) is 50.0 cm³/mol. The third kappa shape index (κ3) is 1.54. The third-order valence-corrected chi connectivity index (χ3v) is 2.11. The van der Waals surface area contributed by atoms with Crippen LogP contribution in [0.3, 0.4) is 0 Å². The second-order valence-corrected chi connectivity index (χ2v) is 3.16. The molecule has 0 fully saturated rings. The fraction of sp³-hybridized carbons (Fsp3) is 0.100. The predicted octanol–water partition coefficient (Wildman–Crippen LogP) is 1.00. The minimum Gasteiger partial charge on any atom is -0.473 e. The van der Waals surface area contributed by atoms with E-state index in [9.17, 15) is 9.18 Å². The Kier molecular flexibility index (Phi) is 2.40. The van der Waals surface area contributed by atoms with Gasteiger partial charge in [0.2, 0.25) is 0 Å². The topological polar surface area (TPSA) is 67.2 Å². The highest BCUT2D eigenvalue weighted by atomic mass is 19.1. The molecule has 5 nitrogen and oxygen atoms in total. The second kappa shape index (κ2) is 3.73. The maximum absolute atomic E-state index is 13.4. The summed E-state index contributed by atoms with van der Waals surface area (Å²) < 4.78 is 19.3. The molecule has 2 rings (SSSR count). The molecule has 6 heteroatoms. The van der Waals surface area contributed by atoms with Crippen LogP contribution in [0.4, 0.5) is 4.39 Å². The van der Waals surface area contributed by atoms with Gasteiger partial charge in [0.1, 0.15) is 5.82 Å². The van der Waals surface area contributed by atoms with Crippen molar-refractivity contribution in [1.82, 2.24) is 5.27 Å². The number of nitrogens with zero attached hydrogens (tertiary/aromatic N) is 2. The van der Waals surface area contributed by atoms with Crippen molar-refractivity contribution in [3.05, 3.63) is 35.8 Å². The molecule has 0 saturated heterocycles. The quantitative estimate of drug-likeness (QED) is 0.771. The molecule has 1 aromatic carbocycles. The summed E-state index contributed by atoms with van der Waals surface area (Å²) in [6.45, 7) is 0. The van der Waals surface area contributed by atoms with E-state index in [1.807, 2.05) is 0 Å². The molecule has 0 atom stereocenters. The van der Waals surface area contributed by atoms with Gasteiger partial charge in [-0.15, -0.1) is 0 Å². The van der Waals surface area contributed by atoms with E-state index < -0.39 is 11.8 Å². The molecule has 0 saturated carbocycles. The number of carboxylic acid groups (broad SMARTS) is 1. The lowest BCUT2D eigenvalue weighted by molar-refractivity contribution is -0.741. The van der Waals surface area contributed by atoms with Gasteiger partial charge in [-0.2, -0.15) is 0 Å². The fourth-order valence-electron chi connectivity index (χ4n) is 1.39. The summed E-state index contributed by atoms with van der Waals surface area (Å²) in [4.78, 5) is 10.9. The van der Waals surface area contributed by atoms with Gasteiger partial charge in [0, 0.05) is 0 Å². The van der Waals surface area contributed by atoms with Gasteiger partial charge < -0.3 is 5.11 Å². The zero-order chi connectivity index (χ0) is 11.7. The zero-order valence-corrected chi connectivity index (χ0v) is 8.35. The number of carbonyl (C=O) groups is 1. The van der Waals surface area contributed by atoms with Crippen molar-refractivity contribution in [3.8, 4) is 11.3 Å². The molecule has 0 bridgehead atoms. The van der Waals surface area contributed by atoms with Gasteiger partial charge in [0.25, 0.3) is 5.76 Å². The number of benzene rings is 1. The van der Waals surface area contributed by atoms with E-state index in [0.717, 1.165) is 4.68 Å². The molecule has 0 aliphatic rings. The van der Waals surface area contributed by atoms with Gasteiger partial charge in [-0.3, -0.25) is 4.52 Å². The van der Waals surface area contributed by atoms with E-state index in [1.54, 1.807) is 6.07 Å². The largest absolute Gasteiger partial charge is 0.473 e. The Hall–Kier alpha value is -2.24. The molecule has 2 aromatic rings. The average molecular weight is 223 g/mol. The van der Waals surface area contributed by atoms with Crippen LogP contribution in [0.5, 0.6) is 0 Å². The highest BCUT2D eigenvalue weighted by Crippen LogP contribution is 2.23. The van der Waals surface area contributed by atoms with Crippen LogP contribution in [0.25, 0.3) is 11.3 Å². The van der Waals surface area contributed by atoms with Crippen LogP contribution in [-0.2, 0) is 7.05 Å². The van der Waals surface area contributed by atoms with Crippen molar-refractivity contribution in [3.63, 3.8) is 0 Å². The normalized spacial score (nSPS) is 10.4. The number of hydrogen-bond acceptors (Lipinski definition) is 3. The molecule has 0 unspecified atom stereocenters. The lowest BCUT2D eigenvalue weighted by atomic mass is 10.1. The summed E-state index contributed by atoms with van der Waals surface area (Å²) in [5, 5.41) is 12.4. The molecule has 1 aromatic heterocycles. The number of halogens is 1. The number of rotatable bonds is 2. The Morgan fingerprint density at radius 2 is 2.19 bits per heavy atom. The van der Waals surface area contributed by atoms with Crippen LogP contribution in [0.15, 0.2) is 28.8 Å². The molecule has 16 heavy (non-hydrogen) atoms. The molecule has 82 valence electrons. The maximum atomic E-state index is 13.4. The first-order valence-electron chi connectivity index (χ1n) is 4.45. The van der Waals surface area contributed by atoms with Crippen molar-refractivity contribution in [2.45, 2.75) is 0 Å². The van der Waals surface area contributed by atoms with Crippen LogP contribution >= 0.6 is 0 Å². The summed E-state index contributed by atoms with van der Waals surface area (Å²) in [6.07, 6.45) is 0. The Balaban J connectivity index is 2.66. The van der Waals surface area contributed by atoms with E-state index >= 15 is 0 Å². The number of hydrogen-bond donors (Lipinski definition) is 1. The van der Waals surface area contributed by atoms with Crippen LogP contribution in [0.1, 0.15) is 10.5 Å². The highest BCUT2D eigenvalue weighted by molar-refractivity contribution is 5.90. The highest BCUT2D eigenvalue weighted by Gasteiger charge is 2.31. The summed E-state index contributed by atoms with van der Waals surface area (Å²) in [5.74, 6) is -1.86. The van der Waals surface area contributed by atoms with Gasteiger partial charge in [-0.1, -0.05) is 12.1 Å². The fourth-order valence-corrected chi connectivity index (χ4v) is 1.39. The Morgan fingerprint density at radius 3 is 2.81 bits per heavy atom. The second-order valence-electron chi connectivity index (χ2n) is 3.16. The smallest absolute Gasteiger partial charge is 0.408 e. The SMILES string of the molecule is C[n+]1noc(-c2ccccc2F)c1C(=O)O. The van der Waals surface area contributed by atoms with Gasteiger partial charge >= 0.3 is 11.7 Å². The molecule has 0 amide bonds. The van der Waals surface area contributed by atoms with Crippen molar-refractivity contribution in [2.24, 2.45) is 7.05 Å². The monoisotopic (exact) mass is 223 g/mol. The molecule has 0 aliphatic carbocycles. The molecular weight excluding hydrogens is 215 g/mol. The van der Waals surface area contributed by atoms with Gasteiger partial charge in [-0.25, -0.2) is 9.18 Å². The Labute approximate surface area is 89.7 Å². The van der Waals surface area contributed by atoms with Gasteiger partial charge in [-0.05, 0) is 16.8 Å². The van der Waals surface area contributed by atoms with E-state index in [2.05, 4.69) is 5.27 Å². The van der Waals surface area contributed by atoms with E-state index in [-0.39, 0.29) is 17.0 Å². The van der Waals surface area contributed by atoms with Crippen molar-refractivity contribution in [1.29, 1.82) is 0 Å². The molecule has 0 aliphatic heterocycles. The summed E-state index contributed by atoms with van der Waals surface area (Å²) >= 11 is 0. The number of aryl methyl sites for hydroxylation is 1. The Morgan fingerprint density at radius 1 is 1.50 bits per heavy atom. The maximum Gasteiger partial charge on any atom is 0.408 e. The summed E-state index contributed by atoms with van der Waals surface area (Å²) in [6, 6.07) is 5.76. The first kappa shape index (κ1) is 10.3. The summed E-state index contributed by atoms with van der Waals surface area (Å²) in [5.41, 5.74) is -0.113. The minimum atomic E-state index is -1.22. The average Bonchev–Trinajstić information content (AvgIpc) is 2.61. The number of aromatic nitrogens is 2. The first-order valence-corrected chi connectivity index (χ1v) is 4.45. The number of aromatic carboxylic acids is 1. The van der Waals surface area contributed by atoms with Gasteiger partial charge in [0.15, 0.2) is 12.3 Å². The number of carboxylic acids is 1. The van der Waals surface area contributed by atoms with Crippen molar-refractivity contribution in [2.75, 3.05) is 0 Å². The van der Waals surface area contributed by atoms with E-state index in [0.29, 0.717) is 0 Å². The van der Waals surface area contributed by atoms with Crippen LogP contribution in [0, 0.1) is 5.82 Å². The molecule has 1 N–H and O–H groups in total. The lowest BCUT2D eigenvalue weighted by Gasteiger charge is -1.95. The van der Waals surface area contributed by atoms with Crippen LogP contribution in [0.2, 0.25) is 0 Å². The van der Waals surface area contributed by atoms with Crippen LogP contribution in [-0.4, -0.2) is 16.3 Å². The molecule has 0 spiro atoms. The molecule has 0 radical (unpaired) electrons. The molecular formula is C10H8FN2O3+. The van der Waals surface area contributed by atoms with E-state index in [4.69, 9.17) is 9.63 Å².